The van der Waals surface area contributed by atoms with Crippen molar-refractivity contribution in [3.8, 4) is 0 Å². The highest BCUT2D eigenvalue weighted by Gasteiger charge is 2.17. The first kappa shape index (κ1) is 14.6. The van der Waals surface area contributed by atoms with Gasteiger partial charge in [-0.25, -0.2) is 4.98 Å². The number of benzene rings is 1. The molecule has 5 heteroatoms. The van der Waals surface area contributed by atoms with E-state index in [4.69, 9.17) is 23.2 Å². The molecule has 1 N–H and O–H groups in total. The van der Waals surface area contributed by atoms with Crippen LogP contribution in [-0.4, -0.2) is 4.98 Å². The van der Waals surface area contributed by atoms with Crippen LogP contribution in [0.1, 0.15) is 31.5 Å². The molecule has 0 radical (unpaired) electrons. The Kier molecular flexibility index (Phi) is 4.39. The molecule has 0 saturated heterocycles. The number of nitrogens with one attached hydrogen (secondary N) is 1. The zero-order valence-electron chi connectivity index (χ0n) is 11.1. The molecule has 0 amide bonds. The van der Waals surface area contributed by atoms with Crippen LogP contribution >= 0.6 is 34.5 Å². The maximum Gasteiger partial charge on any atom is 0.112 e. The van der Waals surface area contributed by atoms with Gasteiger partial charge in [0.2, 0.25) is 0 Å². The normalized spacial score (nSPS) is 11.6. The van der Waals surface area contributed by atoms with E-state index in [2.05, 4.69) is 36.5 Å². The van der Waals surface area contributed by atoms with Gasteiger partial charge in [0.25, 0.3) is 0 Å². The number of hydrogen-bond donors (Lipinski definition) is 1. The molecule has 2 nitrogen and oxygen atoms in total. The standard InChI is InChI=1S/C14H16Cl2N2S/c1-14(2,3)12-8-19-13(18-12)7-17-11-6-9(15)4-5-10(11)16/h4-6,8,17H,7H2,1-3H3. The number of halogens is 2. The molecular formula is C14H16Cl2N2S. The second-order valence-electron chi connectivity index (χ2n) is 5.35. The number of anilines is 1. The van der Waals surface area contributed by atoms with Crippen LogP contribution in [0.25, 0.3) is 0 Å². The molecule has 1 aromatic carbocycles. The number of thiazole rings is 1. The predicted octanol–water partition coefficient (Wildman–Crippen LogP) is 5.36. The van der Waals surface area contributed by atoms with Crippen molar-refractivity contribution in [2.24, 2.45) is 0 Å². The van der Waals surface area contributed by atoms with Crippen molar-refractivity contribution in [3.63, 3.8) is 0 Å². The molecular weight excluding hydrogens is 299 g/mol. The van der Waals surface area contributed by atoms with Gasteiger partial charge in [-0.2, -0.15) is 0 Å². The molecule has 0 saturated carbocycles. The van der Waals surface area contributed by atoms with E-state index >= 15 is 0 Å². The molecule has 1 heterocycles. The minimum Gasteiger partial charge on any atom is -0.377 e. The molecule has 1 aromatic heterocycles. The molecule has 2 rings (SSSR count). The smallest absolute Gasteiger partial charge is 0.112 e. The van der Waals surface area contributed by atoms with Crippen LogP contribution in [0.3, 0.4) is 0 Å². The maximum atomic E-state index is 6.10. The first-order valence-electron chi connectivity index (χ1n) is 6.00. The summed E-state index contributed by atoms with van der Waals surface area (Å²) in [5, 5.41) is 7.75. The zero-order valence-corrected chi connectivity index (χ0v) is 13.5. The van der Waals surface area contributed by atoms with Gasteiger partial charge in [-0.3, -0.25) is 0 Å². The van der Waals surface area contributed by atoms with Gasteiger partial charge in [-0.1, -0.05) is 44.0 Å². The van der Waals surface area contributed by atoms with E-state index in [0.29, 0.717) is 16.6 Å². The molecule has 102 valence electrons. The van der Waals surface area contributed by atoms with Crippen molar-refractivity contribution in [2.75, 3.05) is 5.32 Å². The lowest BCUT2D eigenvalue weighted by Crippen LogP contribution is -2.11. The second kappa shape index (κ2) is 5.70. The Labute approximate surface area is 127 Å². The number of nitrogens with zero attached hydrogens (tertiary/aromatic N) is 1. The van der Waals surface area contributed by atoms with E-state index in [1.807, 2.05) is 6.07 Å². The summed E-state index contributed by atoms with van der Waals surface area (Å²) >= 11 is 13.7. The molecule has 0 spiro atoms. The van der Waals surface area contributed by atoms with Gasteiger partial charge in [0.05, 0.1) is 22.9 Å². The molecule has 0 fully saturated rings. The third-order valence-corrected chi connectivity index (χ3v) is 4.09. The summed E-state index contributed by atoms with van der Waals surface area (Å²) < 4.78 is 0. The summed E-state index contributed by atoms with van der Waals surface area (Å²) in [7, 11) is 0. The number of rotatable bonds is 3. The van der Waals surface area contributed by atoms with Crippen LogP contribution in [0.2, 0.25) is 10.0 Å². The third kappa shape index (κ3) is 3.85. The summed E-state index contributed by atoms with van der Waals surface area (Å²) in [6.45, 7) is 7.13. The van der Waals surface area contributed by atoms with E-state index in [-0.39, 0.29) is 5.41 Å². The summed E-state index contributed by atoms with van der Waals surface area (Å²) in [6, 6.07) is 5.38. The highest BCUT2D eigenvalue weighted by molar-refractivity contribution is 7.09. The Morgan fingerprint density at radius 2 is 2.00 bits per heavy atom. The van der Waals surface area contributed by atoms with Gasteiger partial charge in [0.15, 0.2) is 0 Å². The number of aromatic nitrogens is 1. The minimum atomic E-state index is 0.0858. The molecule has 0 aliphatic heterocycles. The van der Waals surface area contributed by atoms with E-state index in [0.717, 1.165) is 16.4 Å². The minimum absolute atomic E-state index is 0.0858. The molecule has 0 aliphatic rings. The van der Waals surface area contributed by atoms with E-state index < -0.39 is 0 Å². The third-order valence-electron chi connectivity index (χ3n) is 2.68. The van der Waals surface area contributed by atoms with Gasteiger partial charge in [-0.05, 0) is 18.2 Å². The molecule has 19 heavy (non-hydrogen) atoms. The zero-order chi connectivity index (χ0) is 14.0. The summed E-state index contributed by atoms with van der Waals surface area (Å²) in [4.78, 5) is 4.63. The fourth-order valence-electron chi connectivity index (χ4n) is 1.54. The lowest BCUT2D eigenvalue weighted by molar-refractivity contribution is 0.571. The van der Waals surface area contributed by atoms with Crippen molar-refractivity contribution in [2.45, 2.75) is 32.7 Å². The molecule has 0 aliphatic carbocycles. The highest BCUT2D eigenvalue weighted by Crippen LogP contribution is 2.27. The molecule has 2 aromatic rings. The average Bonchev–Trinajstić information content (AvgIpc) is 2.79. The van der Waals surface area contributed by atoms with Crippen molar-refractivity contribution in [1.82, 2.24) is 4.98 Å². The number of hydrogen-bond acceptors (Lipinski definition) is 3. The van der Waals surface area contributed by atoms with Gasteiger partial charge < -0.3 is 5.32 Å². The van der Waals surface area contributed by atoms with Gasteiger partial charge in [-0.15, -0.1) is 11.3 Å². The Hall–Kier alpha value is -0.770. The second-order valence-corrected chi connectivity index (χ2v) is 7.14. The molecule has 0 unspecified atom stereocenters. The van der Waals surface area contributed by atoms with Crippen LogP contribution in [0.5, 0.6) is 0 Å². The first-order valence-corrected chi connectivity index (χ1v) is 7.63. The van der Waals surface area contributed by atoms with Gasteiger partial charge in [0.1, 0.15) is 5.01 Å². The predicted molar refractivity (Wildman–Crippen MR) is 84.6 cm³/mol. The van der Waals surface area contributed by atoms with Crippen LogP contribution in [0.4, 0.5) is 5.69 Å². The Balaban J connectivity index is 2.06. The molecule has 0 bridgehead atoms. The quantitative estimate of drug-likeness (QED) is 0.825. The first-order chi connectivity index (χ1) is 8.86. The van der Waals surface area contributed by atoms with E-state index in [1.165, 1.54) is 0 Å². The van der Waals surface area contributed by atoms with E-state index in [9.17, 15) is 0 Å². The molecule has 0 atom stereocenters. The highest BCUT2D eigenvalue weighted by atomic mass is 35.5. The Bertz CT molecular complexity index is 573. The van der Waals surface area contributed by atoms with Gasteiger partial charge >= 0.3 is 0 Å². The topological polar surface area (TPSA) is 24.9 Å². The van der Waals surface area contributed by atoms with Crippen molar-refractivity contribution >= 4 is 40.2 Å². The van der Waals surface area contributed by atoms with Crippen LogP contribution in [0, 0.1) is 0 Å². The SMILES string of the molecule is CC(C)(C)c1csc(CNc2cc(Cl)ccc2Cl)n1. The van der Waals surface area contributed by atoms with E-state index in [1.54, 1.807) is 23.5 Å². The fourth-order valence-corrected chi connectivity index (χ4v) is 2.86. The lowest BCUT2D eigenvalue weighted by Gasteiger charge is -2.14. The van der Waals surface area contributed by atoms with Crippen LogP contribution < -0.4 is 5.32 Å². The maximum absolute atomic E-state index is 6.10. The fraction of sp³-hybridized carbons (Fsp3) is 0.357. The van der Waals surface area contributed by atoms with Gasteiger partial charge in [0, 0.05) is 15.8 Å². The average molecular weight is 315 g/mol. The summed E-state index contributed by atoms with van der Waals surface area (Å²) in [6.07, 6.45) is 0. The lowest BCUT2D eigenvalue weighted by atomic mass is 9.93. The largest absolute Gasteiger partial charge is 0.377 e. The summed E-state index contributed by atoms with van der Waals surface area (Å²) in [5.74, 6) is 0. The summed E-state index contributed by atoms with van der Waals surface area (Å²) in [5.41, 5.74) is 2.04. The Morgan fingerprint density at radius 1 is 1.26 bits per heavy atom. The van der Waals surface area contributed by atoms with Crippen molar-refractivity contribution in [3.05, 3.63) is 44.3 Å². The van der Waals surface area contributed by atoms with Crippen LogP contribution in [-0.2, 0) is 12.0 Å². The Morgan fingerprint density at radius 3 is 2.63 bits per heavy atom. The van der Waals surface area contributed by atoms with Crippen molar-refractivity contribution < 1.29 is 0 Å². The van der Waals surface area contributed by atoms with Crippen LogP contribution in [0.15, 0.2) is 23.6 Å². The van der Waals surface area contributed by atoms with Crippen molar-refractivity contribution in [1.29, 1.82) is 0 Å². The monoisotopic (exact) mass is 314 g/mol.